The first-order chi connectivity index (χ1) is 16.8. The normalized spacial score (nSPS) is 21.1. The number of hydrogen-bond acceptors (Lipinski definition) is 7. The van der Waals surface area contributed by atoms with Crippen LogP contribution in [0.1, 0.15) is 23.3 Å². The molecule has 35 heavy (non-hydrogen) atoms. The van der Waals surface area contributed by atoms with Gasteiger partial charge < -0.3 is 4.74 Å². The number of benzene rings is 2. The third-order valence-corrected chi connectivity index (χ3v) is 8.81. The Labute approximate surface area is 212 Å². The maximum absolute atomic E-state index is 13.7. The molecule has 2 amide bonds. The van der Waals surface area contributed by atoms with Gasteiger partial charge in [0.05, 0.1) is 23.2 Å². The number of esters is 1. The molecule has 1 fully saturated rings. The number of ether oxygens (including phenoxy) is 1. The van der Waals surface area contributed by atoms with Gasteiger partial charge in [-0.15, -0.1) is 0 Å². The second-order valence-electron chi connectivity index (χ2n) is 8.01. The number of fused-ring (bicyclic) bond motifs is 2. The number of halogens is 2. The average molecular weight is 533 g/mol. The molecule has 0 saturated carbocycles. The van der Waals surface area contributed by atoms with E-state index in [-0.39, 0.29) is 13.2 Å². The first-order valence-electron chi connectivity index (χ1n) is 10.7. The summed E-state index contributed by atoms with van der Waals surface area (Å²) in [5.74, 6) is -3.32. The topological polar surface area (TPSA) is 85.7 Å². The molecule has 2 aliphatic rings. The summed E-state index contributed by atoms with van der Waals surface area (Å²) in [6.45, 7) is 1.53. The first-order valence-corrected chi connectivity index (χ1v) is 12.8. The van der Waals surface area contributed by atoms with Gasteiger partial charge in [0.2, 0.25) is 11.8 Å². The van der Waals surface area contributed by atoms with Gasteiger partial charge in [0.1, 0.15) is 17.6 Å². The summed E-state index contributed by atoms with van der Waals surface area (Å²) < 4.78 is 20.0. The summed E-state index contributed by atoms with van der Waals surface area (Å²) in [6, 6.07) is 12.1. The Morgan fingerprint density at radius 2 is 1.74 bits per heavy atom. The van der Waals surface area contributed by atoms with Crippen LogP contribution in [0.5, 0.6) is 0 Å². The Balaban J connectivity index is 1.64. The number of carbonyl (C=O) groups is 3. The van der Waals surface area contributed by atoms with Crippen molar-refractivity contribution >= 4 is 58.2 Å². The summed E-state index contributed by atoms with van der Waals surface area (Å²) in [4.78, 5) is 53.6. The van der Waals surface area contributed by atoms with Gasteiger partial charge in [0.25, 0.3) is 0 Å². The highest BCUT2D eigenvalue weighted by atomic mass is 35.5. The molecule has 5 rings (SSSR count). The van der Waals surface area contributed by atoms with Crippen molar-refractivity contribution in [2.45, 2.75) is 29.7 Å². The Hall–Kier alpha value is -2.95. The number of carbonyl (C=O) groups excluding carboxylic acids is 3. The van der Waals surface area contributed by atoms with Crippen LogP contribution in [0.4, 0.5) is 10.1 Å². The molecule has 3 aromatic rings. The van der Waals surface area contributed by atoms with Gasteiger partial charge in [0, 0.05) is 15.8 Å². The number of aromatic nitrogens is 1. The van der Waals surface area contributed by atoms with Crippen molar-refractivity contribution in [3.05, 3.63) is 79.5 Å². The third kappa shape index (κ3) is 4.09. The van der Waals surface area contributed by atoms with Crippen molar-refractivity contribution in [1.29, 1.82) is 0 Å². The van der Waals surface area contributed by atoms with Gasteiger partial charge in [0.15, 0.2) is 0 Å². The Kier molecular flexibility index (Phi) is 6.29. The molecule has 1 aromatic heterocycles. The molecule has 180 valence electrons. The molecule has 0 aliphatic carbocycles. The molecule has 7 nitrogen and oxygen atoms in total. The highest BCUT2D eigenvalue weighted by molar-refractivity contribution is 8.00. The summed E-state index contributed by atoms with van der Waals surface area (Å²) in [7, 11) is 0. The van der Waals surface area contributed by atoms with Crippen LogP contribution in [0.3, 0.4) is 0 Å². The van der Waals surface area contributed by atoms with Crippen LogP contribution in [0.2, 0.25) is 5.02 Å². The number of amides is 2. The van der Waals surface area contributed by atoms with E-state index in [4.69, 9.17) is 16.3 Å². The molecular weight excluding hydrogens is 515 g/mol. The van der Waals surface area contributed by atoms with E-state index >= 15 is 0 Å². The number of hydrogen-bond donors (Lipinski definition) is 0. The average Bonchev–Trinajstić information content (AvgIpc) is 3.27. The van der Waals surface area contributed by atoms with Crippen LogP contribution < -0.4 is 9.77 Å². The minimum Gasteiger partial charge on any atom is -0.465 e. The van der Waals surface area contributed by atoms with E-state index in [1.807, 2.05) is 0 Å². The molecule has 0 N–H and O–H groups in total. The molecule has 2 aromatic carbocycles. The third-order valence-electron chi connectivity index (χ3n) is 5.96. The van der Waals surface area contributed by atoms with Crippen LogP contribution in [-0.4, -0.2) is 34.2 Å². The number of rotatable bonds is 5. The Morgan fingerprint density at radius 3 is 2.40 bits per heavy atom. The molecule has 1 saturated heterocycles. The van der Waals surface area contributed by atoms with E-state index in [9.17, 15) is 23.6 Å². The summed E-state index contributed by atoms with van der Waals surface area (Å²) in [5.41, 5.74) is 0.996. The number of thioether (sulfide) groups is 1. The van der Waals surface area contributed by atoms with Gasteiger partial charge in [-0.05, 0) is 48.9 Å². The van der Waals surface area contributed by atoms with Crippen LogP contribution in [-0.2, 0) is 25.7 Å². The molecule has 0 spiro atoms. The lowest BCUT2D eigenvalue weighted by molar-refractivity contribution is -0.144. The fourth-order valence-corrected chi connectivity index (χ4v) is 7.36. The van der Waals surface area contributed by atoms with E-state index < -0.39 is 45.6 Å². The minimum absolute atomic E-state index is 0.166. The molecule has 0 bridgehead atoms. The van der Waals surface area contributed by atoms with Crippen molar-refractivity contribution in [1.82, 2.24) is 4.57 Å². The summed E-state index contributed by atoms with van der Waals surface area (Å²) >= 11 is 8.00. The minimum atomic E-state index is -0.830. The smallest absolute Gasteiger partial charge is 0.326 e. The number of imide groups is 1. The zero-order valence-electron chi connectivity index (χ0n) is 18.3. The monoisotopic (exact) mass is 532 g/mol. The van der Waals surface area contributed by atoms with Crippen LogP contribution >= 0.6 is 34.7 Å². The highest BCUT2D eigenvalue weighted by Crippen LogP contribution is 2.53. The summed E-state index contributed by atoms with van der Waals surface area (Å²) in [5, 5.41) is 0.0832. The quantitative estimate of drug-likeness (QED) is 0.364. The first kappa shape index (κ1) is 23.8. The van der Waals surface area contributed by atoms with Gasteiger partial charge in [-0.3, -0.25) is 23.7 Å². The lowest BCUT2D eigenvalue weighted by Crippen LogP contribution is -2.32. The van der Waals surface area contributed by atoms with E-state index in [0.29, 0.717) is 26.2 Å². The molecule has 2 aliphatic heterocycles. The second kappa shape index (κ2) is 9.25. The van der Waals surface area contributed by atoms with Gasteiger partial charge in [-0.2, -0.15) is 0 Å². The molecular formula is C24H18ClFN2O5S2. The highest BCUT2D eigenvalue weighted by Gasteiger charge is 2.56. The Morgan fingerprint density at radius 1 is 1.06 bits per heavy atom. The van der Waals surface area contributed by atoms with Gasteiger partial charge in [-0.1, -0.05) is 46.8 Å². The number of nitrogens with zero attached hydrogens (tertiary/aromatic N) is 2. The Bertz CT molecular complexity index is 1390. The SMILES string of the molecule is CCOC(=O)Cn1c2c(sc1=O)C(c1ccc(F)cc1)C1C(=O)N(c3ccc(Cl)cc3)C(=O)C1S2. The van der Waals surface area contributed by atoms with Crippen molar-refractivity contribution < 1.29 is 23.5 Å². The molecule has 0 radical (unpaired) electrons. The fourth-order valence-electron chi connectivity index (χ4n) is 4.46. The van der Waals surface area contributed by atoms with Gasteiger partial charge >= 0.3 is 10.8 Å². The van der Waals surface area contributed by atoms with Crippen LogP contribution in [0, 0.1) is 11.7 Å². The predicted molar refractivity (Wildman–Crippen MR) is 131 cm³/mol. The maximum Gasteiger partial charge on any atom is 0.326 e. The molecule has 3 unspecified atom stereocenters. The number of thiazole rings is 1. The van der Waals surface area contributed by atoms with Crippen molar-refractivity contribution in [2.75, 3.05) is 11.5 Å². The van der Waals surface area contributed by atoms with E-state index in [1.165, 1.54) is 16.7 Å². The standard InChI is InChI=1S/C24H18ClFN2O5S2/c1-2-33-16(29)11-27-23-20(35-24(27)32)17(12-3-7-14(26)8-4-12)18-19(34-23)22(31)28(21(18)30)15-9-5-13(25)6-10-15/h3-10,17-19H,2,11H2,1H3. The zero-order chi connectivity index (χ0) is 24.9. The van der Waals surface area contributed by atoms with E-state index in [2.05, 4.69) is 0 Å². The van der Waals surface area contributed by atoms with Crippen molar-refractivity contribution in [3.63, 3.8) is 0 Å². The fraction of sp³-hybridized carbons (Fsp3) is 0.250. The predicted octanol–water partition coefficient (Wildman–Crippen LogP) is 4.06. The summed E-state index contributed by atoms with van der Waals surface area (Å²) in [6.07, 6.45) is 0. The largest absolute Gasteiger partial charge is 0.465 e. The maximum atomic E-state index is 13.7. The zero-order valence-corrected chi connectivity index (χ0v) is 20.7. The van der Waals surface area contributed by atoms with Crippen molar-refractivity contribution in [3.8, 4) is 0 Å². The second-order valence-corrected chi connectivity index (χ2v) is 10.6. The van der Waals surface area contributed by atoms with Crippen LogP contribution in [0.25, 0.3) is 0 Å². The molecule has 3 atom stereocenters. The lowest BCUT2D eigenvalue weighted by atomic mass is 9.83. The van der Waals surface area contributed by atoms with Gasteiger partial charge in [-0.25, -0.2) is 9.29 Å². The number of anilines is 1. The van der Waals surface area contributed by atoms with Crippen LogP contribution in [0.15, 0.2) is 58.4 Å². The lowest BCUT2D eigenvalue weighted by Gasteiger charge is -2.30. The van der Waals surface area contributed by atoms with E-state index in [1.54, 1.807) is 43.3 Å². The van der Waals surface area contributed by atoms with Crippen molar-refractivity contribution in [2.24, 2.45) is 5.92 Å². The molecule has 11 heteroatoms. The molecule has 3 heterocycles. The van der Waals surface area contributed by atoms with E-state index in [0.717, 1.165) is 28.0 Å².